The minimum absolute atomic E-state index is 0.125. The molecule has 0 saturated heterocycles. The number of carbonyl (C=O) groups excluding carboxylic acids is 1. The Morgan fingerprint density at radius 2 is 1.80 bits per heavy atom. The predicted molar refractivity (Wildman–Crippen MR) is 202 cm³/mol. The van der Waals surface area contributed by atoms with Crippen molar-refractivity contribution in [3.8, 4) is 0 Å². The third kappa shape index (κ3) is 18.0. The molecule has 1 aromatic rings. The van der Waals surface area contributed by atoms with Crippen molar-refractivity contribution >= 4 is 23.6 Å². The second kappa shape index (κ2) is 27.7. The first-order chi connectivity index (χ1) is 24.1. The standard InChI is InChI=1S/C24H39FN4O3.C12H14FNO2.C2H6/c1-8-11-23(27-6)15-22(25)17-32-16-21(20(4)28-19-26-5)14-24(30-7)18-31-13-12-29(9-2)10-3;13-9-2-4-10(5-3-9)14-11(16)12(8-15)6-1-7-12;1-2/h8,11,14-16,19,27H,1,9-10,12-13,17-18H2,2-7H3;2-5,15H,1,6-8H2,(H,14,16);1-2H3/b21-16+,22-15+,23-11+,24-14+,26-19?,28-20?;;. The highest BCUT2D eigenvalue weighted by Crippen LogP contribution is 2.41. The number of aliphatic imine (C=N–C) groups is 2. The minimum atomic E-state index is -0.617. The van der Waals surface area contributed by atoms with E-state index in [2.05, 4.69) is 45.9 Å². The van der Waals surface area contributed by atoms with E-state index in [1.807, 2.05) is 13.8 Å². The van der Waals surface area contributed by atoms with Crippen molar-refractivity contribution < 1.29 is 32.9 Å². The summed E-state index contributed by atoms with van der Waals surface area (Å²) in [4.78, 5) is 22.3. The van der Waals surface area contributed by atoms with Crippen molar-refractivity contribution in [2.45, 2.75) is 53.9 Å². The molecule has 0 bridgehead atoms. The number of carbonyl (C=O) groups is 1. The number of benzene rings is 1. The van der Waals surface area contributed by atoms with Gasteiger partial charge in [-0.05, 0) is 75.3 Å². The van der Waals surface area contributed by atoms with Crippen LogP contribution in [0.2, 0.25) is 0 Å². The number of nitrogens with zero attached hydrogens (tertiary/aromatic N) is 3. The number of hydrogen-bond donors (Lipinski definition) is 3. The lowest BCUT2D eigenvalue weighted by molar-refractivity contribution is -0.133. The van der Waals surface area contributed by atoms with Gasteiger partial charge in [0, 0.05) is 43.3 Å². The number of allylic oxidation sites excluding steroid dienone is 5. The average Bonchev–Trinajstić information content (AvgIpc) is 3.11. The Hall–Kier alpha value is -4.13. The molecule has 12 heteroatoms. The van der Waals surface area contributed by atoms with Crippen LogP contribution in [0.5, 0.6) is 0 Å². The van der Waals surface area contributed by atoms with Gasteiger partial charge in [-0.2, -0.15) is 0 Å². The van der Waals surface area contributed by atoms with Crippen molar-refractivity contribution in [2.24, 2.45) is 15.4 Å². The molecule has 1 aliphatic carbocycles. The third-order valence-corrected chi connectivity index (χ3v) is 7.58. The summed E-state index contributed by atoms with van der Waals surface area (Å²) in [5.41, 5.74) is 1.79. The number of amides is 1. The molecule has 0 heterocycles. The Morgan fingerprint density at radius 1 is 1.14 bits per heavy atom. The fourth-order valence-corrected chi connectivity index (χ4v) is 4.29. The fraction of sp³-hybridized carbons (Fsp3) is 0.500. The lowest BCUT2D eigenvalue weighted by Gasteiger charge is -2.38. The zero-order valence-corrected chi connectivity index (χ0v) is 31.2. The molecule has 2 rings (SSSR count). The summed E-state index contributed by atoms with van der Waals surface area (Å²) >= 11 is 0. The summed E-state index contributed by atoms with van der Waals surface area (Å²) in [7, 11) is 4.91. The maximum Gasteiger partial charge on any atom is 0.232 e. The van der Waals surface area contributed by atoms with Crippen molar-refractivity contribution in [3.05, 3.63) is 90.1 Å². The maximum atomic E-state index is 14.2. The molecule has 0 unspecified atom stereocenters. The molecule has 0 aliphatic heterocycles. The molecule has 1 amide bonds. The summed E-state index contributed by atoms with van der Waals surface area (Å²) in [6.45, 7) is 17.0. The number of halogens is 2. The first-order valence-corrected chi connectivity index (χ1v) is 17.0. The van der Waals surface area contributed by atoms with Gasteiger partial charge in [0.1, 0.15) is 37.0 Å². The lowest BCUT2D eigenvalue weighted by atomic mass is 9.68. The lowest BCUT2D eigenvalue weighted by Crippen LogP contribution is -2.44. The number of ether oxygens (including phenoxy) is 3. The van der Waals surface area contributed by atoms with Crippen LogP contribution in [0.1, 0.15) is 53.9 Å². The van der Waals surface area contributed by atoms with Crippen molar-refractivity contribution in [1.29, 1.82) is 0 Å². The zero-order valence-electron chi connectivity index (χ0n) is 31.2. The number of aliphatic hydroxyl groups is 1. The van der Waals surface area contributed by atoms with Crippen molar-refractivity contribution in [3.63, 3.8) is 0 Å². The number of rotatable bonds is 20. The van der Waals surface area contributed by atoms with Crippen LogP contribution in [0.25, 0.3) is 0 Å². The molecule has 0 atom stereocenters. The molecule has 10 nitrogen and oxygen atoms in total. The van der Waals surface area contributed by atoms with Gasteiger partial charge < -0.3 is 34.9 Å². The van der Waals surface area contributed by atoms with Crippen LogP contribution in [-0.2, 0) is 19.0 Å². The zero-order chi connectivity index (χ0) is 37.8. The first-order valence-electron chi connectivity index (χ1n) is 17.0. The molecule has 280 valence electrons. The fourth-order valence-electron chi connectivity index (χ4n) is 4.29. The van der Waals surface area contributed by atoms with E-state index in [9.17, 15) is 18.7 Å². The van der Waals surface area contributed by atoms with Gasteiger partial charge >= 0.3 is 0 Å². The van der Waals surface area contributed by atoms with Gasteiger partial charge in [0.2, 0.25) is 5.91 Å². The van der Waals surface area contributed by atoms with Crippen LogP contribution in [0.15, 0.2) is 94.3 Å². The molecular formula is C38H59F2N5O5. The van der Waals surface area contributed by atoms with Gasteiger partial charge in [-0.3, -0.25) is 9.79 Å². The largest absolute Gasteiger partial charge is 0.499 e. The molecule has 0 aromatic heterocycles. The smallest absolute Gasteiger partial charge is 0.232 e. The normalized spacial score (nSPS) is 14.9. The van der Waals surface area contributed by atoms with Gasteiger partial charge in [-0.15, -0.1) is 0 Å². The van der Waals surface area contributed by atoms with E-state index in [0.717, 1.165) is 38.9 Å². The highest BCUT2D eigenvalue weighted by atomic mass is 19.1. The molecule has 0 radical (unpaired) electrons. The van der Waals surface area contributed by atoms with Gasteiger partial charge in [-0.1, -0.05) is 46.8 Å². The monoisotopic (exact) mass is 703 g/mol. The third-order valence-electron chi connectivity index (χ3n) is 7.58. The van der Waals surface area contributed by atoms with Crippen LogP contribution in [-0.4, -0.2) is 95.2 Å². The topological polar surface area (TPSA) is 117 Å². The van der Waals surface area contributed by atoms with E-state index in [1.54, 1.807) is 46.4 Å². The SMILES string of the molecule is C=C/C=C(\C=C(\F)CO/C=C(\C=C(/COCCN(CC)CC)OC)C(C)=NC=NC)NC.CC.O=C(Nc1ccc(F)cc1)C1(CO)CCC1. The summed E-state index contributed by atoms with van der Waals surface area (Å²) in [6, 6.07) is 5.61. The quantitative estimate of drug-likeness (QED) is 0.0441. The molecule has 1 aliphatic rings. The van der Waals surface area contributed by atoms with E-state index in [1.165, 1.54) is 42.9 Å². The van der Waals surface area contributed by atoms with Crippen LogP contribution in [0.4, 0.5) is 14.5 Å². The van der Waals surface area contributed by atoms with E-state index < -0.39 is 11.2 Å². The summed E-state index contributed by atoms with van der Waals surface area (Å²) < 4.78 is 43.4. The van der Waals surface area contributed by atoms with E-state index >= 15 is 0 Å². The van der Waals surface area contributed by atoms with E-state index in [-0.39, 0.29) is 24.9 Å². The Morgan fingerprint density at radius 3 is 2.30 bits per heavy atom. The Balaban J connectivity index is 0.00000110. The number of hydrogen-bond acceptors (Lipinski definition) is 8. The minimum Gasteiger partial charge on any atom is -0.499 e. The molecule has 3 N–H and O–H groups in total. The molecule has 1 aromatic carbocycles. The number of anilines is 1. The Bertz CT molecular complexity index is 1290. The Labute approximate surface area is 298 Å². The molecule has 1 saturated carbocycles. The first kappa shape index (κ1) is 45.9. The number of nitrogens with one attached hydrogen (secondary N) is 2. The number of aliphatic hydroxyl groups excluding tert-OH is 1. The Kier molecular flexibility index (Phi) is 25.4. The maximum absolute atomic E-state index is 14.2. The van der Waals surface area contributed by atoms with Crippen LogP contribution in [0.3, 0.4) is 0 Å². The molecule has 50 heavy (non-hydrogen) atoms. The van der Waals surface area contributed by atoms with Crippen LogP contribution < -0.4 is 10.6 Å². The molecule has 1 fully saturated rings. The van der Waals surface area contributed by atoms with Gasteiger partial charge in [0.05, 0.1) is 32.0 Å². The number of methoxy groups -OCH3 is 1. The van der Waals surface area contributed by atoms with Gasteiger partial charge in [0.15, 0.2) is 0 Å². The molecule has 0 spiro atoms. The van der Waals surface area contributed by atoms with Crippen molar-refractivity contribution in [2.75, 3.05) is 72.6 Å². The van der Waals surface area contributed by atoms with Crippen LogP contribution >= 0.6 is 0 Å². The second-order valence-corrected chi connectivity index (χ2v) is 10.8. The predicted octanol–water partition coefficient (Wildman–Crippen LogP) is 6.99. The van der Waals surface area contributed by atoms with Gasteiger partial charge in [0.25, 0.3) is 0 Å². The van der Waals surface area contributed by atoms with Gasteiger partial charge in [-0.25, -0.2) is 13.8 Å². The summed E-state index contributed by atoms with van der Waals surface area (Å²) in [6.07, 6.45) is 11.6. The van der Waals surface area contributed by atoms with Crippen LogP contribution in [0, 0.1) is 11.2 Å². The van der Waals surface area contributed by atoms with Crippen molar-refractivity contribution in [1.82, 2.24) is 10.2 Å². The second-order valence-electron chi connectivity index (χ2n) is 10.8. The van der Waals surface area contributed by atoms with E-state index in [4.69, 9.17) is 14.2 Å². The summed E-state index contributed by atoms with van der Waals surface area (Å²) in [5, 5.41) is 14.8. The average molecular weight is 704 g/mol. The number of likely N-dealkylation sites (N-methyl/N-ethyl adjacent to an activating group) is 2. The summed E-state index contributed by atoms with van der Waals surface area (Å²) in [5.74, 6) is -0.348. The highest BCUT2D eigenvalue weighted by molar-refractivity contribution is 6.04. The van der Waals surface area contributed by atoms with E-state index in [0.29, 0.717) is 41.6 Å². The highest BCUT2D eigenvalue weighted by Gasteiger charge is 2.43. The molecular weight excluding hydrogens is 644 g/mol.